The number of nitro groups is 1. The van der Waals surface area contributed by atoms with Gasteiger partial charge in [0.15, 0.2) is 0 Å². The van der Waals surface area contributed by atoms with Crippen molar-refractivity contribution in [2.24, 2.45) is 5.10 Å². The molecule has 0 aliphatic rings. The molecule has 0 unspecified atom stereocenters. The zero-order valence-corrected chi connectivity index (χ0v) is 35.9. The third-order valence-electron chi connectivity index (χ3n) is 11.3. The average molecular weight is 761 g/mol. The predicted molar refractivity (Wildman–Crippen MR) is 242 cm³/mol. The van der Waals surface area contributed by atoms with Gasteiger partial charge in [0.25, 0.3) is 5.69 Å². The van der Waals surface area contributed by atoms with Crippen LogP contribution in [0.2, 0.25) is 0 Å². The molecule has 0 bridgehead atoms. The Labute approximate surface area is 339 Å². The van der Waals surface area contributed by atoms with Crippen LogP contribution in [0, 0.1) is 10.1 Å². The molecule has 0 amide bonds. The molecule has 6 heteroatoms. The van der Waals surface area contributed by atoms with Crippen molar-refractivity contribution in [1.82, 2.24) is 0 Å². The van der Waals surface area contributed by atoms with Crippen molar-refractivity contribution in [3.8, 4) is 0 Å². The number of nitro benzene ring substituents is 1. The lowest BCUT2D eigenvalue weighted by Crippen LogP contribution is -2.25. The fraction of sp³-hybridized carbons (Fsp3) is 0.735. The molecule has 55 heavy (non-hydrogen) atoms. The van der Waals surface area contributed by atoms with Crippen LogP contribution in [-0.2, 0) is 0 Å². The van der Waals surface area contributed by atoms with Crippen molar-refractivity contribution >= 4 is 23.3 Å². The lowest BCUT2D eigenvalue weighted by Gasteiger charge is -2.25. The summed E-state index contributed by atoms with van der Waals surface area (Å²) in [5.74, 6) is 0. The van der Waals surface area contributed by atoms with Gasteiger partial charge in [0.1, 0.15) is 0 Å². The number of hydrazone groups is 1. The van der Waals surface area contributed by atoms with Crippen LogP contribution in [0.4, 0.5) is 17.1 Å². The summed E-state index contributed by atoms with van der Waals surface area (Å²) in [4.78, 5) is 13.1. The van der Waals surface area contributed by atoms with Crippen molar-refractivity contribution in [2.45, 2.75) is 219 Å². The van der Waals surface area contributed by atoms with E-state index in [0.717, 1.165) is 24.3 Å². The summed E-state index contributed by atoms with van der Waals surface area (Å²) >= 11 is 0. The van der Waals surface area contributed by atoms with E-state index in [9.17, 15) is 10.1 Å². The van der Waals surface area contributed by atoms with E-state index in [4.69, 9.17) is 0 Å². The molecule has 6 nitrogen and oxygen atoms in total. The van der Waals surface area contributed by atoms with E-state index in [1.54, 1.807) is 18.3 Å². The Morgan fingerprint density at radius 2 is 0.818 bits per heavy atom. The van der Waals surface area contributed by atoms with E-state index in [0.29, 0.717) is 0 Å². The van der Waals surface area contributed by atoms with Gasteiger partial charge in [0, 0.05) is 30.9 Å². The van der Waals surface area contributed by atoms with Gasteiger partial charge in [-0.3, -0.25) is 15.5 Å². The lowest BCUT2D eigenvalue weighted by atomic mass is 10.0. The van der Waals surface area contributed by atoms with Gasteiger partial charge in [0.05, 0.1) is 16.8 Å². The molecule has 0 saturated heterocycles. The van der Waals surface area contributed by atoms with Crippen molar-refractivity contribution in [3.63, 3.8) is 0 Å². The van der Waals surface area contributed by atoms with E-state index < -0.39 is 0 Å². The molecule has 0 atom stereocenters. The first-order chi connectivity index (χ1) is 27.1. The van der Waals surface area contributed by atoms with Crippen molar-refractivity contribution in [2.75, 3.05) is 23.4 Å². The predicted octanol–water partition coefficient (Wildman–Crippen LogP) is 16.4. The Balaban J connectivity index is 1.65. The number of hydrogen-bond acceptors (Lipinski definition) is 5. The first-order valence-electron chi connectivity index (χ1n) is 23.5. The minimum atomic E-state index is -0.390. The number of nitrogens with one attached hydrogen (secondary N) is 1. The Morgan fingerprint density at radius 1 is 0.491 bits per heavy atom. The third kappa shape index (κ3) is 27.4. The maximum Gasteiger partial charge on any atom is 0.269 e. The molecule has 1 N–H and O–H groups in total. The number of anilines is 2. The fourth-order valence-corrected chi connectivity index (χ4v) is 7.68. The number of hydrogen-bond donors (Lipinski definition) is 1. The van der Waals surface area contributed by atoms with Crippen LogP contribution in [0.3, 0.4) is 0 Å². The van der Waals surface area contributed by atoms with Crippen LogP contribution >= 0.6 is 0 Å². The number of rotatable bonds is 39. The van der Waals surface area contributed by atoms with Gasteiger partial charge in [0.2, 0.25) is 0 Å². The van der Waals surface area contributed by atoms with Crippen LogP contribution in [-0.4, -0.2) is 24.2 Å². The summed E-state index contributed by atoms with van der Waals surface area (Å²) in [7, 11) is 0. The zero-order chi connectivity index (χ0) is 39.3. The molecule has 2 rings (SSSR count). The Hall–Kier alpha value is -2.89. The second-order valence-electron chi connectivity index (χ2n) is 16.4. The van der Waals surface area contributed by atoms with Crippen LogP contribution in [0.25, 0.3) is 0 Å². The molecule has 0 saturated carbocycles. The topological polar surface area (TPSA) is 70.8 Å². The summed E-state index contributed by atoms with van der Waals surface area (Å²) in [6.07, 6.45) is 46.7. The highest BCUT2D eigenvalue weighted by atomic mass is 16.6. The number of nitrogens with zero attached hydrogens (tertiary/aromatic N) is 3. The van der Waals surface area contributed by atoms with Crippen LogP contribution < -0.4 is 10.3 Å². The molecule has 312 valence electrons. The first-order valence-corrected chi connectivity index (χ1v) is 23.5. The molecular formula is C49H84N4O2. The van der Waals surface area contributed by atoms with E-state index in [-0.39, 0.29) is 10.6 Å². The lowest BCUT2D eigenvalue weighted by molar-refractivity contribution is -0.384. The largest absolute Gasteiger partial charge is 0.372 e. The van der Waals surface area contributed by atoms with Crippen molar-refractivity contribution in [3.05, 3.63) is 64.2 Å². The van der Waals surface area contributed by atoms with Crippen LogP contribution in [0.1, 0.15) is 225 Å². The maximum atomic E-state index is 10.9. The average Bonchev–Trinajstić information content (AvgIpc) is 3.20. The van der Waals surface area contributed by atoms with E-state index in [1.807, 2.05) is 0 Å². The molecule has 0 spiro atoms. The van der Waals surface area contributed by atoms with Gasteiger partial charge in [-0.1, -0.05) is 219 Å². The molecule has 0 aliphatic heterocycles. The normalized spacial score (nSPS) is 11.5. The van der Waals surface area contributed by atoms with E-state index in [1.165, 1.54) is 223 Å². The minimum absolute atomic E-state index is 0.0776. The van der Waals surface area contributed by atoms with Gasteiger partial charge >= 0.3 is 0 Å². The monoisotopic (exact) mass is 761 g/mol. The Bertz CT molecular complexity index is 1130. The third-order valence-corrected chi connectivity index (χ3v) is 11.3. The standard InChI is InChI=1S/C49H84N4O2/c1-3-5-7-9-11-13-15-17-19-21-23-25-27-29-31-33-43-52(44-34-32-30-28-26-24-22-20-18-16-14-12-10-8-6-4-2)48-39-35-46(36-40-48)45-50-51-47-37-41-49(42-38-47)53(54)55/h35-42,45,51H,3-34,43-44H2,1-2H3/b50-45+. The molecule has 2 aromatic carbocycles. The van der Waals surface area contributed by atoms with Crippen molar-refractivity contribution in [1.29, 1.82) is 0 Å². The summed E-state index contributed by atoms with van der Waals surface area (Å²) in [5.41, 5.74) is 6.12. The molecule has 0 aromatic heterocycles. The minimum Gasteiger partial charge on any atom is -0.372 e. The smallest absolute Gasteiger partial charge is 0.269 e. The van der Waals surface area contributed by atoms with Gasteiger partial charge in [-0.2, -0.15) is 5.10 Å². The van der Waals surface area contributed by atoms with E-state index in [2.05, 4.69) is 53.5 Å². The zero-order valence-electron chi connectivity index (χ0n) is 35.9. The quantitative estimate of drug-likeness (QED) is 0.0319. The second-order valence-corrected chi connectivity index (χ2v) is 16.4. The molecule has 0 fully saturated rings. The van der Waals surface area contributed by atoms with Gasteiger partial charge < -0.3 is 4.90 Å². The fourth-order valence-electron chi connectivity index (χ4n) is 7.68. The van der Waals surface area contributed by atoms with Crippen LogP contribution in [0.15, 0.2) is 53.6 Å². The Morgan fingerprint density at radius 3 is 1.15 bits per heavy atom. The summed E-state index contributed by atoms with van der Waals surface area (Å²) in [6.45, 7) is 6.86. The van der Waals surface area contributed by atoms with Crippen molar-refractivity contribution < 1.29 is 4.92 Å². The number of non-ortho nitro benzene ring substituents is 1. The summed E-state index contributed by atoms with van der Waals surface area (Å²) in [6, 6.07) is 15.1. The van der Waals surface area contributed by atoms with Gasteiger partial charge in [-0.05, 0) is 42.7 Å². The van der Waals surface area contributed by atoms with Gasteiger partial charge in [-0.25, -0.2) is 0 Å². The maximum absolute atomic E-state index is 10.9. The Kier molecular flexibility index (Phi) is 31.2. The molecule has 0 radical (unpaired) electrons. The molecule has 0 heterocycles. The summed E-state index contributed by atoms with van der Waals surface area (Å²) in [5, 5.41) is 15.3. The molecular weight excluding hydrogens is 677 g/mol. The molecule has 0 aliphatic carbocycles. The first kappa shape index (κ1) is 48.3. The van der Waals surface area contributed by atoms with Crippen LogP contribution in [0.5, 0.6) is 0 Å². The highest BCUT2D eigenvalue weighted by molar-refractivity contribution is 5.81. The molecule has 2 aromatic rings. The number of benzene rings is 2. The SMILES string of the molecule is CCCCCCCCCCCCCCCCCCN(CCCCCCCCCCCCCCCCCC)c1ccc(/C=N/Nc2ccc([N+](=O)[O-])cc2)cc1. The highest BCUT2D eigenvalue weighted by Crippen LogP contribution is 2.20. The number of unbranched alkanes of at least 4 members (excludes halogenated alkanes) is 30. The van der Waals surface area contributed by atoms with E-state index >= 15 is 0 Å². The van der Waals surface area contributed by atoms with Gasteiger partial charge in [-0.15, -0.1) is 0 Å². The highest BCUT2D eigenvalue weighted by Gasteiger charge is 2.08. The second kappa shape index (κ2) is 35.5. The summed E-state index contributed by atoms with van der Waals surface area (Å²) < 4.78 is 0.